The van der Waals surface area contributed by atoms with Crippen LogP contribution in [0.1, 0.15) is 30.0 Å². The van der Waals surface area contributed by atoms with Crippen LogP contribution in [-0.4, -0.2) is 15.6 Å². The predicted octanol–water partition coefficient (Wildman–Crippen LogP) is 2.06. The number of carbonyl (C=O) groups is 1. The van der Waals surface area contributed by atoms with E-state index in [1.807, 2.05) is 20.8 Å². The van der Waals surface area contributed by atoms with Crippen LogP contribution in [-0.2, 0) is 7.05 Å². The number of carboxylic acids is 1. The average Bonchev–Trinajstić information content (AvgIpc) is 2.37. The molecule has 3 heteroatoms. The molecule has 0 spiro atoms. The molecule has 0 saturated carbocycles. The number of rotatable bonds is 1. The SMILES string of the molecule is CC.Cc1ccc(C(=O)O)n1C. The first-order valence-electron chi connectivity index (χ1n) is 3.98. The third kappa shape index (κ3) is 2.12. The molecule has 3 nitrogen and oxygen atoms in total. The Hall–Kier alpha value is -1.25. The van der Waals surface area contributed by atoms with Crippen LogP contribution in [0.5, 0.6) is 0 Å². The molecule has 0 saturated heterocycles. The second-order valence-corrected chi connectivity index (χ2v) is 2.22. The number of aryl methyl sites for hydroxylation is 1. The first kappa shape index (κ1) is 10.8. The van der Waals surface area contributed by atoms with E-state index in [0.717, 1.165) is 5.69 Å². The first-order valence-corrected chi connectivity index (χ1v) is 3.98. The highest BCUT2D eigenvalue weighted by molar-refractivity contribution is 5.85. The van der Waals surface area contributed by atoms with Crippen molar-refractivity contribution in [3.05, 3.63) is 23.5 Å². The molecule has 1 aromatic heterocycles. The van der Waals surface area contributed by atoms with Crippen molar-refractivity contribution >= 4 is 5.97 Å². The van der Waals surface area contributed by atoms with Crippen molar-refractivity contribution in [1.82, 2.24) is 4.57 Å². The Labute approximate surface area is 72.6 Å². The maximum atomic E-state index is 10.4. The van der Waals surface area contributed by atoms with E-state index in [9.17, 15) is 4.79 Å². The van der Waals surface area contributed by atoms with Crippen molar-refractivity contribution in [3.63, 3.8) is 0 Å². The molecule has 0 radical (unpaired) electrons. The fourth-order valence-corrected chi connectivity index (χ4v) is 0.828. The molecule has 0 bridgehead atoms. The molecule has 0 amide bonds. The highest BCUT2D eigenvalue weighted by Crippen LogP contribution is 2.04. The minimum Gasteiger partial charge on any atom is -0.477 e. The van der Waals surface area contributed by atoms with E-state index < -0.39 is 5.97 Å². The van der Waals surface area contributed by atoms with Gasteiger partial charge in [-0.3, -0.25) is 0 Å². The molecule has 0 fully saturated rings. The molecule has 0 aliphatic carbocycles. The molecule has 1 N–H and O–H groups in total. The van der Waals surface area contributed by atoms with Gasteiger partial charge in [0.05, 0.1) is 0 Å². The first-order chi connectivity index (χ1) is 5.63. The van der Waals surface area contributed by atoms with Gasteiger partial charge in [-0.05, 0) is 19.1 Å². The summed E-state index contributed by atoms with van der Waals surface area (Å²) in [5.41, 5.74) is 1.29. The van der Waals surface area contributed by atoms with Gasteiger partial charge < -0.3 is 9.67 Å². The van der Waals surface area contributed by atoms with Gasteiger partial charge in [0.2, 0.25) is 0 Å². The minimum atomic E-state index is -0.879. The molecule has 1 heterocycles. The Morgan fingerprint density at radius 2 is 1.92 bits per heavy atom. The van der Waals surface area contributed by atoms with Gasteiger partial charge in [-0.25, -0.2) is 4.79 Å². The molecular weight excluding hydrogens is 154 g/mol. The van der Waals surface area contributed by atoms with Gasteiger partial charge in [0.25, 0.3) is 0 Å². The number of hydrogen-bond donors (Lipinski definition) is 1. The minimum absolute atomic E-state index is 0.331. The Kier molecular flexibility index (Phi) is 4.11. The Balaban J connectivity index is 0.000000561. The normalized spacial score (nSPS) is 8.67. The van der Waals surface area contributed by atoms with Crippen LogP contribution in [0.15, 0.2) is 12.1 Å². The monoisotopic (exact) mass is 169 g/mol. The lowest BCUT2D eigenvalue weighted by atomic mass is 10.4. The van der Waals surface area contributed by atoms with Crippen LogP contribution >= 0.6 is 0 Å². The van der Waals surface area contributed by atoms with Gasteiger partial charge in [-0.1, -0.05) is 13.8 Å². The van der Waals surface area contributed by atoms with Gasteiger partial charge in [-0.2, -0.15) is 0 Å². The molecule has 1 aromatic rings. The van der Waals surface area contributed by atoms with Crippen molar-refractivity contribution in [3.8, 4) is 0 Å². The molecule has 0 aliphatic heterocycles. The van der Waals surface area contributed by atoms with Crippen LogP contribution in [0.2, 0.25) is 0 Å². The molecule has 0 aliphatic rings. The summed E-state index contributed by atoms with van der Waals surface area (Å²) in [6.45, 7) is 5.87. The standard InChI is InChI=1S/C7H9NO2.C2H6/c1-5-3-4-6(7(9)10)8(5)2;1-2/h3-4H,1-2H3,(H,9,10);1-2H3. The number of hydrogen-bond acceptors (Lipinski definition) is 1. The van der Waals surface area contributed by atoms with Crippen molar-refractivity contribution in [2.45, 2.75) is 20.8 Å². The molecule has 68 valence electrons. The van der Waals surface area contributed by atoms with Gasteiger partial charge in [0, 0.05) is 12.7 Å². The number of aromatic carboxylic acids is 1. The summed E-state index contributed by atoms with van der Waals surface area (Å²) in [6, 6.07) is 3.38. The number of nitrogens with zero attached hydrogens (tertiary/aromatic N) is 1. The third-order valence-electron chi connectivity index (χ3n) is 1.59. The Morgan fingerprint density at radius 1 is 1.42 bits per heavy atom. The van der Waals surface area contributed by atoms with Crippen molar-refractivity contribution in [2.24, 2.45) is 7.05 Å². The van der Waals surface area contributed by atoms with Gasteiger partial charge in [0.1, 0.15) is 5.69 Å². The predicted molar refractivity (Wildman–Crippen MR) is 48.5 cm³/mol. The molecule has 0 aromatic carbocycles. The Bertz CT molecular complexity index is 263. The van der Waals surface area contributed by atoms with Crippen LogP contribution in [0.3, 0.4) is 0 Å². The summed E-state index contributed by atoms with van der Waals surface area (Å²) in [6.07, 6.45) is 0. The van der Waals surface area contributed by atoms with E-state index >= 15 is 0 Å². The lowest BCUT2D eigenvalue weighted by molar-refractivity contribution is 0.0686. The largest absolute Gasteiger partial charge is 0.477 e. The molecule has 0 unspecified atom stereocenters. The van der Waals surface area contributed by atoms with E-state index in [4.69, 9.17) is 5.11 Å². The fraction of sp³-hybridized carbons (Fsp3) is 0.444. The number of aromatic nitrogens is 1. The average molecular weight is 169 g/mol. The summed E-state index contributed by atoms with van der Waals surface area (Å²) in [5.74, 6) is -0.879. The highest BCUT2D eigenvalue weighted by atomic mass is 16.4. The third-order valence-corrected chi connectivity index (χ3v) is 1.59. The zero-order chi connectivity index (χ0) is 9.72. The van der Waals surface area contributed by atoms with Crippen LogP contribution in [0.4, 0.5) is 0 Å². The van der Waals surface area contributed by atoms with Gasteiger partial charge >= 0.3 is 5.97 Å². The summed E-state index contributed by atoms with van der Waals surface area (Å²) in [5, 5.41) is 8.56. The lowest BCUT2D eigenvalue weighted by Crippen LogP contribution is -2.04. The second-order valence-electron chi connectivity index (χ2n) is 2.22. The molecule has 0 atom stereocenters. The van der Waals surface area contributed by atoms with Gasteiger partial charge in [-0.15, -0.1) is 0 Å². The highest BCUT2D eigenvalue weighted by Gasteiger charge is 2.06. The maximum absolute atomic E-state index is 10.4. The van der Waals surface area contributed by atoms with E-state index in [1.165, 1.54) is 0 Å². The van der Waals surface area contributed by atoms with Crippen LogP contribution in [0, 0.1) is 6.92 Å². The lowest BCUT2D eigenvalue weighted by Gasteiger charge is -1.97. The van der Waals surface area contributed by atoms with Crippen LogP contribution < -0.4 is 0 Å². The van der Waals surface area contributed by atoms with E-state index in [1.54, 1.807) is 23.7 Å². The van der Waals surface area contributed by atoms with Crippen molar-refractivity contribution in [2.75, 3.05) is 0 Å². The van der Waals surface area contributed by atoms with E-state index in [2.05, 4.69) is 0 Å². The van der Waals surface area contributed by atoms with E-state index in [-0.39, 0.29) is 0 Å². The smallest absolute Gasteiger partial charge is 0.352 e. The molecule has 1 rings (SSSR count). The quantitative estimate of drug-likeness (QED) is 0.699. The van der Waals surface area contributed by atoms with E-state index in [0.29, 0.717) is 5.69 Å². The summed E-state index contributed by atoms with van der Waals surface area (Å²) < 4.78 is 1.64. The Morgan fingerprint density at radius 3 is 2.08 bits per heavy atom. The fourth-order valence-electron chi connectivity index (χ4n) is 0.828. The van der Waals surface area contributed by atoms with Gasteiger partial charge in [0.15, 0.2) is 0 Å². The zero-order valence-corrected chi connectivity index (χ0v) is 7.96. The molecule has 12 heavy (non-hydrogen) atoms. The second kappa shape index (κ2) is 4.59. The number of carboxylic acid groups (broad SMARTS) is 1. The summed E-state index contributed by atoms with van der Waals surface area (Å²) in [7, 11) is 1.73. The molecular formula is C9H15NO2. The summed E-state index contributed by atoms with van der Waals surface area (Å²) >= 11 is 0. The maximum Gasteiger partial charge on any atom is 0.352 e. The topological polar surface area (TPSA) is 42.2 Å². The van der Waals surface area contributed by atoms with Crippen molar-refractivity contribution in [1.29, 1.82) is 0 Å². The van der Waals surface area contributed by atoms with Crippen molar-refractivity contribution < 1.29 is 9.90 Å². The summed E-state index contributed by atoms with van der Waals surface area (Å²) in [4.78, 5) is 10.4. The van der Waals surface area contributed by atoms with Crippen LogP contribution in [0.25, 0.3) is 0 Å². The zero-order valence-electron chi connectivity index (χ0n) is 7.96.